The maximum absolute atomic E-state index is 12.9. The monoisotopic (exact) mass is 400 g/mol. The first kappa shape index (κ1) is 20.7. The molecule has 1 saturated heterocycles. The number of nitrogens with zero attached hydrogens (tertiary/aromatic N) is 2. The number of carbonyl (C=O) groups excluding carboxylic acids is 3. The number of hydrogen-bond donors (Lipinski definition) is 2. The number of H-pyrrole nitrogens is 1. The lowest BCUT2D eigenvalue weighted by molar-refractivity contribution is -0.144. The quantitative estimate of drug-likeness (QED) is 0.753. The Morgan fingerprint density at radius 3 is 2.45 bits per heavy atom. The van der Waals surface area contributed by atoms with Crippen LogP contribution in [0.5, 0.6) is 0 Å². The number of aromatic amines is 1. The number of nitrogens with one attached hydrogen (secondary N) is 2. The maximum atomic E-state index is 12.9. The summed E-state index contributed by atoms with van der Waals surface area (Å²) in [6, 6.07) is 6.70. The van der Waals surface area contributed by atoms with Crippen molar-refractivity contribution in [2.75, 3.05) is 33.3 Å². The summed E-state index contributed by atoms with van der Waals surface area (Å²) >= 11 is 0. The number of urea groups is 1. The lowest BCUT2D eigenvalue weighted by Crippen LogP contribution is -2.56. The molecule has 8 nitrogen and oxygen atoms in total. The molecule has 0 unspecified atom stereocenters. The standard InChI is InChI=1S/C21H28N4O4/c1-4-14(2)18(20(27)29-3)23-21(28)25-11-9-24(10-12-25)19(26)16-13-22-17-8-6-5-7-15(16)17/h5-8,13-14,18,22H,4,9-12H2,1-3H3,(H,23,28)/t14-,18-/m0/s1. The third kappa shape index (κ3) is 4.36. The molecular formula is C21H28N4O4. The molecule has 0 aliphatic carbocycles. The van der Waals surface area contributed by atoms with E-state index in [9.17, 15) is 14.4 Å². The van der Waals surface area contributed by atoms with E-state index < -0.39 is 12.0 Å². The molecule has 2 aromatic rings. The molecule has 1 fully saturated rings. The van der Waals surface area contributed by atoms with E-state index >= 15 is 0 Å². The van der Waals surface area contributed by atoms with Crippen molar-refractivity contribution in [3.8, 4) is 0 Å². The van der Waals surface area contributed by atoms with Gasteiger partial charge in [-0.1, -0.05) is 38.5 Å². The first-order chi connectivity index (χ1) is 14.0. The second kappa shape index (κ2) is 8.98. The second-order valence-electron chi connectivity index (χ2n) is 7.36. The zero-order valence-electron chi connectivity index (χ0n) is 17.1. The highest BCUT2D eigenvalue weighted by atomic mass is 16.5. The van der Waals surface area contributed by atoms with Crippen molar-refractivity contribution < 1.29 is 19.1 Å². The van der Waals surface area contributed by atoms with E-state index in [4.69, 9.17) is 4.74 Å². The van der Waals surface area contributed by atoms with Crippen molar-refractivity contribution in [1.82, 2.24) is 20.1 Å². The topological polar surface area (TPSA) is 94.7 Å². The van der Waals surface area contributed by atoms with Gasteiger partial charge in [-0.25, -0.2) is 9.59 Å². The summed E-state index contributed by atoms with van der Waals surface area (Å²) < 4.78 is 4.82. The van der Waals surface area contributed by atoms with Gasteiger partial charge in [0.2, 0.25) is 0 Å². The number of rotatable bonds is 5. The third-order valence-electron chi connectivity index (χ3n) is 5.62. The van der Waals surface area contributed by atoms with Crippen LogP contribution in [0.1, 0.15) is 30.6 Å². The van der Waals surface area contributed by atoms with E-state index in [1.54, 1.807) is 16.0 Å². The SMILES string of the molecule is CC[C@H](C)[C@H](NC(=O)N1CCN(C(=O)c2c[nH]c3ccccc23)CC1)C(=O)OC. The molecular weight excluding hydrogens is 372 g/mol. The number of benzene rings is 1. The van der Waals surface area contributed by atoms with Gasteiger partial charge in [0.05, 0.1) is 12.7 Å². The Morgan fingerprint density at radius 1 is 1.14 bits per heavy atom. The molecule has 29 heavy (non-hydrogen) atoms. The van der Waals surface area contributed by atoms with Crippen molar-refractivity contribution in [1.29, 1.82) is 0 Å². The Balaban J connectivity index is 1.60. The molecule has 156 valence electrons. The van der Waals surface area contributed by atoms with Crippen LogP contribution in [0, 0.1) is 5.92 Å². The molecule has 0 saturated carbocycles. The second-order valence-corrected chi connectivity index (χ2v) is 7.36. The van der Waals surface area contributed by atoms with Gasteiger partial charge in [0, 0.05) is 43.3 Å². The molecule has 0 spiro atoms. The molecule has 1 aliphatic heterocycles. The van der Waals surface area contributed by atoms with Gasteiger partial charge >= 0.3 is 12.0 Å². The molecule has 0 bridgehead atoms. The number of esters is 1. The van der Waals surface area contributed by atoms with Crippen LogP contribution >= 0.6 is 0 Å². The fraction of sp³-hybridized carbons (Fsp3) is 0.476. The minimum Gasteiger partial charge on any atom is -0.467 e. The first-order valence-electron chi connectivity index (χ1n) is 9.94. The van der Waals surface area contributed by atoms with E-state index in [1.165, 1.54) is 7.11 Å². The number of piperazine rings is 1. The highest BCUT2D eigenvalue weighted by Crippen LogP contribution is 2.20. The summed E-state index contributed by atoms with van der Waals surface area (Å²) in [6.45, 7) is 5.57. The highest BCUT2D eigenvalue weighted by Gasteiger charge is 2.31. The number of methoxy groups -OCH3 is 1. The average Bonchev–Trinajstić information content (AvgIpc) is 3.20. The van der Waals surface area contributed by atoms with Crippen LogP contribution in [0.4, 0.5) is 4.79 Å². The molecule has 2 atom stereocenters. The summed E-state index contributed by atoms with van der Waals surface area (Å²) in [5, 5.41) is 3.68. The van der Waals surface area contributed by atoms with Crippen LogP contribution in [0.3, 0.4) is 0 Å². The zero-order valence-corrected chi connectivity index (χ0v) is 17.1. The van der Waals surface area contributed by atoms with Crippen LogP contribution < -0.4 is 5.32 Å². The van der Waals surface area contributed by atoms with Gasteiger partial charge in [0.15, 0.2) is 0 Å². The van der Waals surface area contributed by atoms with Gasteiger partial charge in [-0.05, 0) is 12.0 Å². The number of hydrogen-bond acceptors (Lipinski definition) is 4. The number of ether oxygens (including phenoxy) is 1. The van der Waals surface area contributed by atoms with Crippen LogP contribution in [-0.2, 0) is 9.53 Å². The Labute approximate surface area is 170 Å². The van der Waals surface area contributed by atoms with Gasteiger partial charge in [0.25, 0.3) is 5.91 Å². The van der Waals surface area contributed by atoms with Crippen molar-refractivity contribution >= 4 is 28.8 Å². The van der Waals surface area contributed by atoms with E-state index in [2.05, 4.69) is 10.3 Å². The maximum Gasteiger partial charge on any atom is 0.328 e. The zero-order chi connectivity index (χ0) is 21.0. The van der Waals surface area contributed by atoms with E-state index in [0.29, 0.717) is 31.7 Å². The van der Waals surface area contributed by atoms with Crippen molar-refractivity contribution in [3.05, 3.63) is 36.0 Å². The number of amides is 3. The molecule has 2 N–H and O–H groups in total. The average molecular weight is 400 g/mol. The number of fused-ring (bicyclic) bond motifs is 1. The summed E-state index contributed by atoms with van der Waals surface area (Å²) in [5.41, 5.74) is 1.56. The van der Waals surface area contributed by atoms with Crippen LogP contribution in [-0.4, -0.2) is 72.0 Å². The smallest absolute Gasteiger partial charge is 0.328 e. The summed E-state index contributed by atoms with van der Waals surface area (Å²) in [6.07, 6.45) is 2.48. The summed E-state index contributed by atoms with van der Waals surface area (Å²) in [4.78, 5) is 44.1. The van der Waals surface area contributed by atoms with E-state index in [-0.39, 0.29) is 17.9 Å². The van der Waals surface area contributed by atoms with Crippen molar-refractivity contribution in [2.45, 2.75) is 26.3 Å². The number of para-hydroxylation sites is 1. The van der Waals surface area contributed by atoms with Gasteiger partial charge in [-0.2, -0.15) is 0 Å². The molecule has 1 aromatic heterocycles. The van der Waals surface area contributed by atoms with Crippen LogP contribution in [0.25, 0.3) is 10.9 Å². The van der Waals surface area contributed by atoms with Gasteiger partial charge < -0.3 is 24.8 Å². The summed E-state index contributed by atoms with van der Waals surface area (Å²) in [7, 11) is 1.32. The third-order valence-corrected chi connectivity index (χ3v) is 5.62. The van der Waals surface area contributed by atoms with Crippen LogP contribution in [0.2, 0.25) is 0 Å². The molecule has 0 radical (unpaired) electrons. The predicted molar refractivity (Wildman–Crippen MR) is 110 cm³/mol. The molecule has 3 amide bonds. The Morgan fingerprint density at radius 2 is 1.79 bits per heavy atom. The lowest BCUT2D eigenvalue weighted by Gasteiger charge is -2.35. The minimum atomic E-state index is -0.677. The van der Waals surface area contributed by atoms with Crippen molar-refractivity contribution in [3.63, 3.8) is 0 Å². The molecule has 2 heterocycles. The fourth-order valence-corrected chi connectivity index (χ4v) is 3.55. The van der Waals surface area contributed by atoms with Gasteiger partial charge in [-0.3, -0.25) is 4.79 Å². The highest BCUT2D eigenvalue weighted by molar-refractivity contribution is 6.06. The van der Waals surface area contributed by atoms with Gasteiger partial charge in [-0.15, -0.1) is 0 Å². The Bertz CT molecular complexity index is 886. The minimum absolute atomic E-state index is 0.0314. The Hall–Kier alpha value is -3.03. The van der Waals surface area contributed by atoms with E-state index in [1.807, 2.05) is 38.1 Å². The molecule has 1 aliphatic rings. The molecule has 3 rings (SSSR count). The summed E-state index contributed by atoms with van der Waals surface area (Å²) in [5.74, 6) is -0.522. The molecule has 8 heteroatoms. The van der Waals surface area contributed by atoms with Gasteiger partial charge in [0.1, 0.15) is 6.04 Å². The number of carbonyl (C=O) groups is 3. The van der Waals surface area contributed by atoms with Crippen molar-refractivity contribution in [2.24, 2.45) is 5.92 Å². The van der Waals surface area contributed by atoms with Crippen LogP contribution in [0.15, 0.2) is 30.5 Å². The largest absolute Gasteiger partial charge is 0.467 e. The lowest BCUT2D eigenvalue weighted by atomic mass is 9.99. The predicted octanol–water partition coefficient (Wildman–Crippen LogP) is 2.22. The normalized spacial score (nSPS) is 16.4. The van der Waals surface area contributed by atoms with E-state index in [0.717, 1.165) is 17.3 Å². The fourth-order valence-electron chi connectivity index (χ4n) is 3.55. The number of aromatic nitrogens is 1. The first-order valence-corrected chi connectivity index (χ1v) is 9.94. The Kier molecular flexibility index (Phi) is 6.41. The molecule has 1 aromatic carbocycles.